The topological polar surface area (TPSA) is 48.3 Å². The van der Waals surface area contributed by atoms with Crippen LogP contribution in [0.5, 0.6) is 0 Å². The third-order valence-corrected chi connectivity index (χ3v) is 2.65. The molecule has 0 aliphatic carbocycles. The largest absolute Gasteiger partial charge is 0.464 e. The van der Waals surface area contributed by atoms with Gasteiger partial charge < -0.3 is 4.74 Å². The van der Waals surface area contributed by atoms with Crippen LogP contribution in [0.15, 0.2) is 17.1 Å². The Labute approximate surface area is 109 Å². The maximum Gasteiger partial charge on any atom is 0.328 e. The second-order valence-corrected chi connectivity index (χ2v) is 4.41. The van der Waals surface area contributed by atoms with Gasteiger partial charge in [-0.2, -0.15) is 0 Å². The van der Waals surface area contributed by atoms with Crippen molar-refractivity contribution >= 4 is 29.2 Å². The standard InChI is InChI=1S/C11H13Cl2NO3/c1-3-4-17-11(16)7(2)14-6-8(12)5-9(13)10(14)15/h5-7H,3-4H2,1-2H3. The number of halogens is 2. The Morgan fingerprint density at radius 1 is 1.53 bits per heavy atom. The number of hydrogen-bond acceptors (Lipinski definition) is 3. The van der Waals surface area contributed by atoms with Crippen LogP contribution in [0.3, 0.4) is 0 Å². The number of aromatic nitrogens is 1. The average molecular weight is 278 g/mol. The lowest BCUT2D eigenvalue weighted by Gasteiger charge is -2.14. The van der Waals surface area contributed by atoms with Gasteiger partial charge in [0.2, 0.25) is 0 Å². The van der Waals surface area contributed by atoms with Gasteiger partial charge in [0.25, 0.3) is 5.56 Å². The molecule has 1 unspecified atom stereocenters. The van der Waals surface area contributed by atoms with E-state index >= 15 is 0 Å². The monoisotopic (exact) mass is 277 g/mol. The summed E-state index contributed by atoms with van der Waals surface area (Å²) in [6.45, 7) is 3.78. The lowest BCUT2D eigenvalue weighted by Crippen LogP contribution is -2.29. The first-order chi connectivity index (χ1) is 7.97. The lowest BCUT2D eigenvalue weighted by molar-refractivity contribution is -0.147. The Hall–Kier alpha value is -1.00. The van der Waals surface area contributed by atoms with E-state index in [9.17, 15) is 9.59 Å². The predicted molar refractivity (Wildman–Crippen MR) is 66.7 cm³/mol. The van der Waals surface area contributed by atoms with Gasteiger partial charge in [0.15, 0.2) is 0 Å². The lowest BCUT2D eigenvalue weighted by atomic mass is 10.3. The number of hydrogen-bond donors (Lipinski definition) is 0. The fourth-order valence-electron chi connectivity index (χ4n) is 1.26. The molecule has 0 fully saturated rings. The number of ether oxygens (including phenoxy) is 1. The molecule has 0 bridgehead atoms. The summed E-state index contributed by atoms with van der Waals surface area (Å²) in [5.41, 5.74) is -0.461. The van der Waals surface area contributed by atoms with Crippen LogP contribution in [-0.2, 0) is 9.53 Å². The molecule has 17 heavy (non-hydrogen) atoms. The molecule has 0 aliphatic heterocycles. The third kappa shape index (κ3) is 3.48. The molecule has 94 valence electrons. The van der Waals surface area contributed by atoms with Crippen molar-refractivity contribution in [2.75, 3.05) is 6.61 Å². The number of carbonyl (C=O) groups excluding carboxylic acids is 1. The molecule has 0 aromatic carbocycles. The van der Waals surface area contributed by atoms with Gasteiger partial charge in [-0.1, -0.05) is 30.1 Å². The van der Waals surface area contributed by atoms with Gasteiger partial charge in [0.05, 0.1) is 11.6 Å². The molecule has 4 nitrogen and oxygen atoms in total. The minimum atomic E-state index is -0.745. The van der Waals surface area contributed by atoms with Crippen molar-refractivity contribution in [1.82, 2.24) is 4.57 Å². The summed E-state index contributed by atoms with van der Waals surface area (Å²) < 4.78 is 6.13. The maximum atomic E-state index is 11.7. The molecule has 1 rings (SSSR count). The molecule has 0 N–H and O–H groups in total. The van der Waals surface area contributed by atoms with Gasteiger partial charge in [-0.05, 0) is 19.4 Å². The smallest absolute Gasteiger partial charge is 0.328 e. The molecule has 1 heterocycles. The third-order valence-electron chi connectivity index (χ3n) is 2.17. The predicted octanol–water partition coefficient (Wildman–Crippen LogP) is 2.67. The van der Waals surface area contributed by atoms with Crippen LogP contribution < -0.4 is 5.56 Å². The zero-order valence-electron chi connectivity index (χ0n) is 9.57. The van der Waals surface area contributed by atoms with E-state index in [2.05, 4.69) is 0 Å². The second kappa shape index (κ2) is 6.07. The van der Waals surface area contributed by atoms with Crippen LogP contribution >= 0.6 is 23.2 Å². The highest BCUT2D eigenvalue weighted by atomic mass is 35.5. The number of nitrogens with zero attached hydrogens (tertiary/aromatic N) is 1. The first-order valence-electron chi connectivity index (χ1n) is 5.21. The average Bonchev–Trinajstić information content (AvgIpc) is 2.29. The molecule has 1 atom stereocenters. The van der Waals surface area contributed by atoms with Crippen molar-refractivity contribution in [3.05, 3.63) is 32.7 Å². The molecule has 0 radical (unpaired) electrons. The van der Waals surface area contributed by atoms with E-state index < -0.39 is 17.6 Å². The fourth-order valence-corrected chi connectivity index (χ4v) is 1.74. The van der Waals surface area contributed by atoms with Crippen LogP contribution in [0, 0.1) is 0 Å². The van der Waals surface area contributed by atoms with Crippen LogP contribution in [0.2, 0.25) is 10.0 Å². The molecule has 1 aromatic heterocycles. The Morgan fingerprint density at radius 2 is 2.18 bits per heavy atom. The van der Waals surface area contributed by atoms with E-state index in [1.54, 1.807) is 6.92 Å². The summed E-state index contributed by atoms with van der Waals surface area (Å²) in [5, 5.41) is 0.275. The number of esters is 1. The summed E-state index contributed by atoms with van der Waals surface area (Å²) in [4.78, 5) is 23.3. The summed E-state index contributed by atoms with van der Waals surface area (Å²) >= 11 is 11.5. The number of carbonyl (C=O) groups is 1. The molecular formula is C11H13Cl2NO3. The van der Waals surface area contributed by atoms with Gasteiger partial charge in [-0.25, -0.2) is 4.79 Å². The van der Waals surface area contributed by atoms with Crippen molar-refractivity contribution in [3.63, 3.8) is 0 Å². The van der Waals surface area contributed by atoms with Crippen LogP contribution in [0.1, 0.15) is 26.3 Å². The minimum Gasteiger partial charge on any atom is -0.464 e. The molecule has 0 spiro atoms. The van der Waals surface area contributed by atoms with Crippen LogP contribution in [-0.4, -0.2) is 17.1 Å². The van der Waals surface area contributed by atoms with Crippen molar-refractivity contribution in [3.8, 4) is 0 Å². The Balaban J connectivity index is 3.00. The van der Waals surface area contributed by atoms with E-state index in [0.717, 1.165) is 6.42 Å². The first kappa shape index (κ1) is 14.1. The summed E-state index contributed by atoms with van der Waals surface area (Å²) in [6.07, 6.45) is 2.09. The minimum absolute atomic E-state index is 0.0207. The molecule has 6 heteroatoms. The SMILES string of the molecule is CCCOC(=O)C(C)n1cc(Cl)cc(Cl)c1=O. The maximum absolute atomic E-state index is 11.7. The van der Waals surface area contributed by atoms with Gasteiger partial charge in [0.1, 0.15) is 11.1 Å². The van der Waals surface area contributed by atoms with Crippen molar-refractivity contribution < 1.29 is 9.53 Å². The van der Waals surface area contributed by atoms with E-state index in [-0.39, 0.29) is 5.02 Å². The molecule has 0 amide bonds. The molecule has 0 aliphatic rings. The summed E-state index contributed by atoms with van der Waals surface area (Å²) in [7, 11) is 0. The number of rotatable bonds is 4. The van der Waals surface area contributed by atoms with Gasteiger partial charge in [0, 0.05) is 6.20 Å². The zero-order chi connectivity index (χ0) is 13.0. The fraction of sp³-hybridized carbons (Fsp3) is 0.455. The van der Waals surface area contributed by atoms with Gasteiger partial charge in [-0.3, -0.25) is 9.36 Å². The van der Waals surface area contributed by atoms with E-state index in [1.807, 2.05) is 6.92 Å². The Kier molecular flexibility index (Phi) is 5.02. The Bertz CT molecular complexity index is 470. The first-order valence-corrected chi connectivity index (χ1v) is 5.96. The highest BCUT2D eigenvalue weighted by molar-refractivity contribution is 6.34. The van der Waals surface area contributed by atoms with Crippen molar-refractivity contribution in [2.45, 2.75) is 26.3 Å². The molecular weight excluding hydrogens is 265 g/mol. The van der Waals surface area contributed by atoms with Gasteiger partial charge in [-0.15, -0.1) is 0 Å². The highest BCUT2D eigenvalue weighted by Gasteiger charge is 2.18. The van der Waals surface area contributed by atoms with Crippen molar-refractivity contribution in [2.24, 2.45) is 0 Å². The molecule has 0 saturated carbocycles. The van der Waals surface area contributed by atoms with E-state index in [1.165, 1.54) is 16.8 Å². The Morgan fingerprint density at radius 3 is 2.76 bits per heavy atom. The van der Waals surface area contributed by atoms with E-state index in [4.69, 9.17) is 27.9 Å². The quantitative estimate of drug-likeness (QED) is 0.795. The zero-order valence-corrected chi connectivity index (χ0v) is 11.1. The molecule has 1 aromatic rings. The van der Waals surface area contributed by atoms with Crippen LogP contribution in [0.25, 0.3) is 0 Å². The van der Waals surface area contributed by atoms with E-state index in [0.29, 0.717) is 11.6 Å². The summed E-state index contributed by atoms with van der Waals surface area (Å²) in [6, 6.07) is 0.594. The van der Waals surface area contributed by atoms with Crippen LogP contribution in [0.4, 0.5) is 0 Å². The van der Waals surface area contributed by atoms with Gasteiger partial charge >= 0.3 is 5.97 Å². The summed E-state index contributed by atoms with van der Waals surface area (Å²) in [5.74, 6) is -0.479. The molecule has 0 saturated heterocycles. The second-order valence-electron chi connectivity index (χ2n) is 3.56. The van der Waals surface area contributed by atoms with Crippen molar-refractivity contribution in [1.29, 1.82) is 0 Å². The normalized spacial score (nSPS) is 12.2. The highest BCUT2D eigenvalue weighted by Crippen LogP contribution is 2.15. The number of pyridine rings is 1.